The zero-order valence-corrected chi connectivity index (χ0v) is 13.6. The second kappa shape index (κ2) is 8.39. The lowest BCUT2D eigenvalue weighted by Gasteiger charge is -2.26. The first-order valence-corrected chi connectivity index (χ1v) is 7.32. The average Bonchev–Trinajstić information content (AvgIpc) is 2.43. The summed E-state index contributed by atoms with van der Waals surface area (Å²) in [5, 5.41) is 14.7. The molecular weight excluding hydrogens is 299 g/mol. The molecule has 0 heterocycles. The topological polar surface area (TPSA) is 70.6 Å². The van der Waals surface area contributed by atoms with Crippen molar-refractivity contribution >= 4 is 11.7 Å². The quantitative estimate of drug-likeness (QED) is 0.676. The first-order valence-electron chi connectivity index (χ1n) is 7.32. The summed E-state index contributed by atoms with van der Waals surface area (Å²) in [6.07, 6.45) is 5.21. The SMILES string of the molecule is C#CCOc1ccc(F)cc1NC(=O)NCC(C)(C)CC(C)O. The minimum absolute atomic E-state index is 0.0172. The highest BCUT2D eigenvalue weighted by Crippen LogP contribution is 2.25. The lowest BCUT2D eigenvalue weighted by atomic mass is 9.87. The standard InChI is InChI=1S/C17H23FN2O3/c1-5-8-23-15-7-6-13(18)9-14(15)20-16(22)19-11-17(3,4)10-12(2)21/h1,6-7,9,12,21H,8,10-11H2,2-4H3,(H2,19,20,22). The average molecular weight is 322 g/mol. The Bertz CT molecular complexity index is 580. The Morgan fingerprint density at radius 2 is 2.22 bits per heavy atom. The molecule has 23 heavy (non-hydrogen) atoms. The van der Waals surface area contributed by atoms with Gasteiger partial charge >= 0.3 is 6.03 Å². The molecule has 6 heteroatoms. The van der Waals surface area contributed by atoms with E-state index in [1.54, 1.807) is 6.92 Å². The van der Waals surface area contributed by atoms with Crippen LogP contribution in [0.15, 0.2) is 18.2 Å². The fourth-order valence-electron chi connectivity index (χ4n) is 2.20. The van der Waals surface area contributed by atoms with Crippen LogP contribution in [0.2, 0.25) is 0 Å². The zero-order chi connectivity index (χ0) is 17.5. The van der Waals surface area contributed by atoms with E-state index in [0.29, 0.717) is 18.7 Å². The van der Waals surface area contributed by atoms with Gasteiger partial charge in [0.15, 0.2) is 0 Å². The molecule has 1 aromatic carbocycles. The fraction of sp³-hybridized carbons (Fsp3) is 0.471. The molecule has 0 spiro atoms. The first-order chi connectivity index (χ1) is 10.7. The summed E-state index contributed by atoms with van der Waals surface area (Å²) >= 11 is 0. The molecule has 1 aromatic rings. The number of halogens is 1. The molecule has 1 unspecified atom stereocenters. The number of benzene rings is 1. The van der Waals surface area contributed by atoms with Crippen molar-refractivity contribution in [2.24, 2.45) is 5.41 Å². The van der Waals surface area contributed by atoms with Crippen molar-refractivity contribution < 1.29 is 19.0 Å². The third-order valence-electron chi connectivity index (χ3n) is 3.08. The Morgan fingerprint density at radius 1 is 1.52 bits per heavy atom. The number of aliphatic hydroxyl groups excluding tert-OH is 1. The number of carbonyl (C=O) groups excluding carboxylic acids is 1. The third kappa shape index (κ3) is 7.02. The first kappa shape index (κ1) is 18.8. The normalized spacial score (nSPS) is 12.2. The molecule has 0 aliphatic heterocycles. The summed E-state index contributed by atoms with van der Waals surface area (Å²) in [7, 11) is 0. The monoisotopic (exact) mass is 322 g/mol. The van der Waals surface area contributed by atoms with Crippen LogP contribution >= 0.6 is 0 Å². The predicted molar refractivity (Wildman–Crippen MR) is 87.8 cm³/mol. The van der Waals surface area contributed by atoms with E-state index in [0.717, 1.165) is 6.07 Å². The number of aliphatic hydroxyl groups is 1. The van der Waals surface area contributed by atoms with E-state index in [-0.39, 0.29) is 17.7 Å². The highest BCUT2D eigenvalue weighted by molar-refractivity contribution is 5.90. The molecule has 2 amide bonds. The summed E-state index contributed by atoms with van der Waals surface area (Å²) in [6, 6.07) is 3.30. The molecule has 1 rings (SSSR count). The highest BCUT2D eigenvalue weighted by atomic mass is 19.1. The molecule has 0 fully saturated rings. The smallest absolute Gasteiger partial charge is 0.319 e. The summed E-state index contributed by atoms with van der Waals surface area (Å²) in [6.45, 7) is 5.94. The summed E-state index contributed by atoms with van der Waals surface area (Å²) < 4.78 is 18.6. The molecule has 0 bridgehead atoms. The Balaban J connectivity index is 2.67. The van der Waals surface area contributed by atoms with Crippen molar-refractivity contribution in [1.29, 1.82) is 0 Å². The Hall–Kier alpha value is -2.26. The number of urea groups is 1. The number of ether oxygens (including phenoxy) is 1. The van der Waals surface area contributed by atoms with Gasteiger partial charge < -0.3 is 20.5 Å². The maximum Gasteiger partial charge on any atom is 0.319 e. The van der Waals surface area contributed by atoms with Crippen molar-refractivity contribution in [1.82, 2.24) is 5.32 Å². The Labute approximate surface area is 136 Å². The van der Waals surface area contributed by atoms with Crippen LogP contribution in [-0.2, 0) is 0 Å². The molecule has 0 aliphatic rings. The second-order valence-electron chi connectivity index (χ2n) is 6.16. The van der Waals surface area contributed by atoms with Gasteiger partial charge in [-0.15, -0.1) is 6.42 Å². The molecule has 5 nitrogen and oxygen atoms in total. The number of terminal acetylenes is 1. The Kier molecular flexibility index (Phi) is 6.86. The van der Waals surface area contributed by atoms with E-state index in [2.05, 4.69) is 16.6 Å². The predicted octanol–water partition coefficient (Wildman–Crippen LogP) is 2.76. The number of hydrogen-bond acceptors (Lipinski definition) is 3. The van der Waals surface area contributed by atoms with Crippen molar-refractivity contribution in [3.05, 3.63) is 24.0 Å². The van der Waals surface area contributed by atoms with Gasteiger partial charge in [-0.2, -0.15) is 0 Å². The van der Waals surface area contributed by atoms with Gasteiger partial charge in [-0.25, -0.2) is 9.18 Å². The minimum atomic E-state index is -0.497. The molecule has 0 radical (unpaired) electrons. The van der Waals surface area contributed by atoms with E-state index < -0.39 is 18.0 Å². The van der Waals surface area contributed by atoms with E-state index in [4.69, 9.17) is 11.2 Å². The van der Waals surface area contributed by atoms with Gasteiger partial charge in [0.2, 0.25) is 0 Å². The van der Waals surface area contributed by atoms with Gasteiger partial charge in [0.25, 0.3) is 0 Å². The molecule has 0 aliphatic carbocycles. The Morgan fingerprint density at radius 3 is 2.83 bits per heavy atom. The number of anilines is 1. The number of hydrogen-bond donors (Lipinski definition) is 3. The van der Waals surface area contributed by atoms with Crippen molar-refractivity contribution in [2.75, 3.05) is 18.5 Å². The molecular formula is C17H23FN2O3. The highest BCUT2D eigenvalue weighted by Gasteiger charge is 2.21. The van der Waals surface area contributed by atoms with Crippen LogP contribution in [0.1, 0.15) is 27.2 Å². The molecule has 3 N–H and O–H groups in total. The summed E-state index contributed by atoms with van der Waals surface area (Å²) in [4.78, 5) is 12.0. The van der Waals surface area contributed by atoms with Crippen LogP contribution in [0.25, 0.3) is 0 Å². The van der Waals surface area contributed by atoms with Crippen LogP contribution in [0.5, 0.6) is 5.75 Å². The van der Waals surface area contributed by atoms with Gasteiger partial charge in [-0.3, -0.25) is 0 Å². The van der Waals surface area contributed by atoms with Gasteiger partial charge in [-0.05, 0) is 30.9 Å². The lowest BCUT2D eigenvalue weighted by Crippen LogP contribution is -2.38. The van der Waals surface area contributed by atoms with Crippen LogP contribution in [-0.4, -0.2) is 30.4 Å². The number of nitrogens with one attached hydrogen (secondary N) is 2. The fourth-order valence-corrected chi connectivity index (χ4v) is 2.20. The summed E-state index contributed by atoms with van der Waals surface area (Å²) in [5.41, 5.74) is -0.0675. The van der Waals surface area contributed by atoms with Crippen LogP contribution in [0.3, 0.4) is 0 Å². The van der Waals surface area contributed by atoms with Gasteiger partial charge in [-0.1, -0.05) is 19.8 Å². The van der Waals surface area contributed by atoms with Crippen LogP contribution < -0.4 is 15.4 Å². The second-order valence-corrected chi connectivity index (χ2v) is 6.16. The van der Waals surface area contributed by atoms with Crippen LogP contribution in [0.4, 0.5) is 14.9 Å². The minimum Gasteiger partial charge on any atom is -0.479 e. The van der Waals surface area contributed by atoms with Crippen molar-refractivity contribution in [2.45, 2.75) is 33.3 Å². The maximum absolute atomic E-state index is 13.3. The molecule has 126 valence electrons. The number of carbonyl (C=O) groups is 1. The van der Waals surface area contributed by atoms with E-state index in [1.165, 1.54) is 12.1 Å². The maximum atomic E-state index is 13.3. The molecule has 1 atom stereocenters. The zero-order valence-electron chi connectivity index (χ0n) is 13.6. The van der Waals surface area contributed by atoms with Gasteiger partial charge in [0.1, 0.15) is 18.2 Å². The van der Waals surface area contributed by atoms with Crippen molar-refractivity contribution in [3.8, 4) is 18.1 Å². The van der Waals surface area contributed by atoms with Gasteiger partial charge in [0.05, 0.1) is 11.8 Å². The third-order valence-corrected chi connectivity index (χ3v) is 3.08. The van der Waals surface area contributed by atoms with Crippen molar-refractivity contribution in [3.63, 3.8) is 0 Å². The summed E-state index contributed by atoms with van der Waals surface area (Å²) in [5.74, 6) is 2.10. The van der Waals surface area contributed by atoms with E-state index in [9.17, 15) is 14.3 Å². The van der Waals surface area contributed by atoms with Crippen LogP contribution in [0, 0.1) is 23.6 Å². The largest absolute Gasteiger partial charge is 0.479 e. The van der Waals surface area contributed by atoms with E-state index in [1.807, 2.05) is 13.8 Å². The lowest BCUT2D eigenvalue weighted by molar-refractivity contribution is 0.129. The van der Waals surface area contributed by atoms with Gasteiger partial charge in [0, 0.05) is 12.6 Å². The number of amides is 2. The molecule has 0 saturated carbocycles. The number of rotatable bonds is 7. The molecule has 0 aromatic heterocycles. The van der Waals surface area contributed by atoms with E-state index >= 15 is 0 Å². The molecule has 0 saturated heterocycles.